The first-order valence-corrected chi connectivity index (χ1v) is 9.06. The second kappa shape index (κ2) is 8.75. The molecular weight excluding hydrogens is 304 g/mol. The average Bonchev–Trinajstić information content (AvgIpc) is 2.48. The Morgan fingerprint density at radius 2 is 2.09 bits per heavy atom. The molecular formula is C15H24N2O4S. The summed E-state index contributed by atoms with van der Waals surface area (Å²) in [4.78, 5) is 11.7. The van der Waals surface area contributed by atoms with Gasteiger partial charge in [-0.25, -0.2) is 8.42 Å². The van der Waals surface area contributed by atoms with E-state index >= 15 is 0 Å². The van der Waals surface area contributed by atoms with E-state index in [0.717, 1.165) is 24.0 Å². The van der Waals surface area contributed by atoms with Crippen LogP contribution in [0.4, 0.5) is 0 Å². The molecule has 1 aromatic rings. The summed E-state index contributed by atoms with van der Waals surface area (Å²) in [5.74, 6) is 0.446. The number of hydrogen-bond acceptors (Lipinski definition) is 4. The van der Waals surface area contributed by atoms with Crippen LogP contribution < -0.4 is 10.1 Å². The maximum absolute atomic E-state index is 11.8. The van der Waals surface area contributed by atoms with E-state index in [1.165, 1.54) is 4.31 Å². The van der Waals surface area contributed by atoms with Crippen molar-refractivity contribution in [2.75, 3.05) is 33.0 Å². The first-order chi connectivity index (χ1) is 10.4. The summed E-state index contributed by atoms with van der Waals surface area (Å²) in [6.07, 6.45) is 2.45. The van der Waals surface area contributed by atoms with Gasteiger partial charge < -0.3 is 10.1 Å². The fourth-order valence-corrected chi connectivity index (χ4v) is 2.70. The summed E-state index contributed by atoms with van der Waals surface area (Å²) in [7, 11) is -1.85. The van der Waals surface area contributed by atoms with Gasteiger partial charge in [0.25, 0.3) is 0 Å². The first kappa shape index (κ1) is 18.4. The van der Waals surface area contributed by atoms with E-state index in [-0.39, 0.29) is 19.0 Å². The molecule has 0 aliphatic rings. The summed E-state index contributed by atoms with van der Waals surface area (Å²) < 4.78 is 29.9. The van der Waals surface area contributed by atoms with Crippen LogP contribution in [0.1, 0.15) is 18.9 Å². The Kier molecular flexibility index (Phi) is 7.34. The van der Waals surface area contributed by atoms with Crippen molar-refractivity contribution in [1.29, 1.82) is 0 Å². The number of benzene rings is 1. The third-order valence-electron chi connectivity index (χ3n) is 3.15. The Balaban J connectivity index is 2.67. The molecule has 0 fully saturated rings. The van der Waals surface area contributed by atoms with Gasteiger partial charge in [0.15, 0.2) is 0 Å². The summed E-state index contributed by atoms with van der Waals surface area (Å²) in [6.45, 7) is 2.60. The lowest BCUT2D eigenvalue weighted by Gasteiger charge is -2.19. The van der Waals surface area contributed by atoms with Crippen molar-refractivity contribution >= 4 is 15.9 Å². The lowest BCUT2D eigenvalue weighted by atomic mass is 10.1. The number of carbonyl (C=O) groups excluding carboxylic acids is 1. The maximum Gasteiger partial charge on any atom is 0.235 e. The molecule has 7 heteroatoms. The minimum absolute atomic E-state index is 0.150. The SMILES string of the molecule is CCCNC(=O)CN(CCc1cccc(OC)c1)S(C)(=O)=O. The lowest BCUT2D eigenvalue weighted by Crippen LogP contribution is -2.41. The standard InChI is InChI=1S/C15H24N2O4S/c1-4-9-16-15(18)12-17(22(3,19)20)10-8-13-6-5-7-14(11-13)21-2/h5-7,11H,4,8-10,12H2,1-3H3,(H,16,18). The smallest absolute Gasteiger partial charge is 0.235 e. The third-order valence-corrected chi connectivity index (χ3v) is 4.39. The molecule has 1 rings (SSSR count). The van der Waals surface area contributed by atoms with Gasteiger partial charge in [0.05, 0.1) is 19.9 Å². The summed E-state index contributed by atoms with van der Waals surface area (Å²) in [6, 6.07) is 7.45. The van der Waals surface area contributed by atoms with Gasteiger partial charge in [-0.05, 0) is 30.5 Å². The number of methoxy groups -OCH3 is 1. The molecule has 0 aliphatic carbocycles. The Labute approximate surface area is 132 Å². The largest absolute Gasteiger partial charge is 0.497 e. The number of sulfonamides is 1. The normalized spacial score (nSPS) is 11.5. The van der Waals surface area contributed by atoms with Crippen LogP contribution in [0, 0.1) is 0 Å². The van der Waals surface area contributed by atoms with Crippen LogP contribution in [-0.4, -0.2) is 51.6 Å². The average molecular weight is 328 g/mol. The van der Waals surface area contributed by atoms with Crippen molar-refractivity contribution in [2.45, 2.75) is 19.8 Å². The predicted molar refractivity (Wildman–Crippen MR) is 86.4 cm³/mol. The van der Waals surface area contributed by atoms with Gasteiger partial charge in [-0.2, -0.15) is 4.31 Å². The van der Waals surface area contributed by atoms with Gasteiger partial charge in [-0.3, -0.25) is 4.79 Å². The van der Waals surface area contributed by atoms with E-state index in [4.69, 9.17) is 4.74 Å². The number of carbonyl (C=O) groups is 1. The van der Waals surface area contributed by atoms with Gasteiger partial charge in [0, 0.05) is 13.1 Å². The van der Waals surface area contributed by atoms with Crippen LogP contribution in [0.5, 0.6) is 5.75 Å². The Morgan fingerprint density at radius 1 is 1.36 bits per heavy atom. The van der Waals surface area contributed by atoms with E-state index in [9.17, 15) is 13.2 Å². The molecule has 0 aliphatic heterocycles. The van der Waals surface area contributed by atoms with E-state index < -0.39 is 10.0 Å². The van der Waals surface area contributed by atoms with Crippen molar-refractivity contribution < 1.29 is 17.9 Å². The zero-order valence-corrected chi connectivity index (χ0v) is 14.1. The molecule has 1 N–H and O–H groups in total. The quantitative estimate of drug-likeness (QED) is 0.734. The zero-order chi connectivity index (χ0) is 16.6. The molecule has 6 nitrogen and oxygen atoms in total. The maximum atomic E-state index is 11.8. The van der Waals surface area contributed by atoms with Crippen LogP contribution in [0.2, 0.25) is 0 Å². The summed E-state index contributed by atoms with van der Waals surface area (Å²) >= 11 is 0. The highest BCUT2D eigenvalue weighted by atomic mass is 32.2. The topological polar surface area (TPSA) is 75.7 Å². The molecule has 0 aromatic heterocycles. The van der Waals surface area contributed by atoms with Crippen LogP contribution in [0.3, 0.4) is 0 Å². The highest BCUT2D eigenvalue weighted by Gasteiger charge is 2.19. The minimum atomic E-state index is -3.43. The number of nitrogens with one attached hydrogen (secondary N) is 1. The number of rotatable bonds is 9. The van der Waals surface area contributed by atoms with E-state index in [1.807, 2.05) is 31.2 Å². The third kappa shape index (κ3) is 6.44. The molecule has 0 bridgehead atoms. The Morgan fingerprint density at radius 3 is 2.68 bits per heavy atom. The lowest BCUT2D eigenvalue weighted by molar-refractivity contribution is -0.121. The van der Waals surface area contributed by atoms with Crippen molar-refractivity contribution in [3.63, 3.8) is 0 Å². The highest BCUT2D eigenvalue weighted by molar-refractivity contribution is 7.88. The summed E-state index contributed by atoms with van der Waals surface area (Å²) in [5, 5.41) is 2.69. The molecule has 0 saturated heterocycles. The molecule has 0 spiro atoms. The van der Waals surface area contributed by atoms with E-state index in [0.29, 0.717) is 13.0 Å². The Bertz CT molecular complexity index is 587. The molecule has 124 valence electrons. The van der Waals surface area contributed by atoms with E-state index in [1.54, 1.807) is 7.11 Å². The van der Waals surface area contributed by atoms with Gasteiger partial charge in [-0.1, -0.05) is 19.1 Å². The fourth-order valence-electron chi connectivity index (χ4n) is 1.92. The minimum Gasteiger partial charge on any atom is -0.497 e. The van der Waals surface area contributed by atoms with Crippen molar-refractivity contribution in [1.82, 2.24) is 9.62 Å². The van der Waals surface area contributed by atoms with Crippen LogP contribution in [0.15, 0.2) is 24.3 Å². The van der Waals surface area contributed by atoms with Gasteiger partial charge >= 0.3 is 0 Å². The molecule has 0 radical (unpaired) electrons. The molecule has 0 atom stereocenters. The molecule has 0 saturated carbocycles. The second-order valence-electron chi connectivity index (χ2n) is 5.05. The van der Waals surface area contributed by atoms with Crippen LogP contribution in [-0.2, 0) is 21.2 Å². The fraction of sp³-hybridized carbons (Fsp3) is 0.533. The van der Waals surface area contributed by atoms with Crippen molar-refractivity contribution in [2.24, 2.45) is 0 Å². The summed E-state index contributed by atoms with van der Waals surface area (Å²) in [5.41, 5.74) is 0.960. The van der Waals surface area contributed by atoms with E-state index in [2.05, 4.69) is 5.32 Å². The predicted octanol–water partition coefficient (Wildman–Crippen LogP) is 1.03. The molecule has 0 heterocycles. The number of nitrogens with zero attached hydrogens (tertiary/aromatic N) is 1. The molecule has 0 unspecified atom stereocenters. The van der Waals surface area contributed by atoms with Crippen molar-refractivity contribution in [3.8, 4) is 5.75 Å². The number of ether oxygens (including phenoxy) is 1. The molecule has 22 heavy (non-hydrogen) atoms. The number of hydrogen-bond donors (Lipinski definition) is 1. The van der Waals surface area contributed by atoms with Crippen LogP contribution in [0.25, 0.3) is 0 Å². The number of amides is 1. The second-order valence-corrected chi connectivity index (χ2v) is 7.03. The first-order valence-electron chi connectivity index (χ1n) is 7.21. The Hall–Kier alpha value is -1.60. The van der Waals surface area contributed by atoms with Crippen LogP contribution >= 0.6 is 0 Å². The monoisotopic (exact) mass is 328 g/mol. The highest BCUT2D eigenvalue weighted by Crippen LogP contribution is 2.13. The van der Waals surface area contributed by atoms with Gasteiger partial charge in [0.1, 0.15) is 5.75 Å². The van der Waals surface area contributed by atoms with Gasteiger partial charge in [-0.15, -0.1) is 0 Å². The van der Waals surface area contributed by atoms with Crippen molar-refractivity contribution in [3.05, 3.63) is 29.8 Å². The van der Waals surface area contributed by atoms with Gasteiger partial charge in [0.2, 0.25) is 15.9 Å². The molecule has 1 amide bonds. The zero-order valence-electron chi connectivity index (χ0n) is 13.3. The molecule has 1 aromatic carbocycles.